The maximum absolute atomic E-state index is 11.0. The molecule has 1 fully saturated rings. The van der Waals surface area contributed by atoms with Crippen molar-refractivity contribution in [2.75, 3.05) is 33.0 Å². The molecule has 1 aliphatic rings. The molecule has 9 heavy (non-hydrogen) atoms. The Bertz CT molecular complexity index is 90.2. The first-order valence-electron chi connectivity index (χ1n) is 3.00. The smallest absolute Gasteiger partial charge is 0.214 e. The van der Waals surface area contributed by atoms with E-state index in [0.29, 0.717) is 26.3 Å². The van der Waals surface area contributed by atoms with Gasteiger partial charge in [0.1, 0.15) is 13.1 Å². The molecule has 0 aromatic carbocycles. The maximum atomic E-state index is 11.0. The molecule has 0 aromatic rings. The summed E-state index contributed by atoms with van der Waals surface area (Å²) in [5.41, 5.74) is 0. The summed E-state index contributed by atoms with van der Waals surface area (Å²) < 4.78 is 4.30. The zero-order chi connectivity index (χ0) is 6.74. The topological polar surface area (TPSA) is 52.2 Å². The Labute approximate surface area is 53.8 Å². The molecule has 4 heteroatoms. The van der Waals surface area contributed by atoms with Crippen molar-refractivity contribution in [1.82, 2.24) is 0 Å². The molecule has 1 radical (unpaired) electrons. The third kappa shape index (κ3) is 1.62. The van der Waals surface area contributed by atoms with Gasteiger partial charge in [0.05, 0.1) is 13.2 Å². The predicted octanol–water partition coefficient (Wildman–Crippen LogP) is -0.281. The van der Waals surface area contributed by atoms with E-state index in [0.717, 1.165) is 0 Å². The van der Waals surface area contributed by atoms with Gasteiger partial charge in [-0.15, -0.1) is 0 Å². The van der Waals surface area contributed by atoms with Gasteiger partial charge in [-0.3, -0.25) is 0 Å². The van der Waals surface area contributed by atoms with Gasteiger partial charge < -0.3 is 14.6 Å². The third-order valence-electron chi connectivity index (χ3n) is 1.52. The zero-order valence-electron chi connectivity index (χ0n) is 5.21. The minimum absolute atomic E-state index is 0.323. The van der Waals surface area contributed by atoms with E-state index in [4.69, 9.17) is 4.74 Å². The Morgan fingerprint density at radius 2 is 2.00 bits per heavy atom. The van der Waals surface area contributed by atoms with Crippen LogP contribution in [0.15, 0.2) is 0 Å². The number of nitrogens with zero attached hydrogens (tertiary/aromatic N) is 1. The number of hydrogen-bond acceptors (Lipinski definition) is 2. The van der Waals surface area contributed by atoms with Gasteiger partial charge in [-0.1, -0.05) is 0 Å². The highest BCUT2D eigenvalue weighted by Gasteiger charge is 2.19. The van der Waals surface area contributed by atoms with E-state index < -0.39 is 11.4 Å². The van der Waals surface area contributed by atoms with Crippen molar-refractivity contribution in [3.63, 3.8) is 0 Å². The Kier molecular flexibility index (Phi) is 2.02. The number of rotatable bonds is 1. The average Bonchev–Trinajstić information content (AvgIpc) is 1.90. The van der Waals surface area contributed by atoms with E-state index in [1.54, 1.807) is 0 Å². The summed E-state index contributed by atoms with van der Waals surface area (Å²) in [6.45, 7) is 0.952. The lowest BCUT2D eigenvalue weighted by molar-refractivity contribution is -0.910. The SMILES string of the molecule is [O]C[N+]1([O-])CCOCC1. The number of quaternary nitrogens is 1. The summed E-state index contributed by atoms with van der Waals surface area (Å²) in [5.74, 6) is 0. The third-order valence-corrected chi connectivity index (χ3v) is 1.52. The fourth-order valence-corrected chi connectivity index (χ4v) is 0.805. The van der Waals surface area contributed by atoms with Crippen LogP contribution in [-0.2, 0) is 9.84 Å². The first kappa shape index (κ1) is 6.95. The van der Waals surface area contributed by atoms with Gasteiger partial charge in [-0.2, -0.15) is 5.11 Å². The molecule has 0 aliphatic carbocycles. The van der Waals surface area contributed by atoms with Gasteiger partial charge in [0, 0.05) is 0 Å². The molecule has 1 saturated heterocycles. The van der Waals surface area contributed by atoms with E-state index in [1.165, 1.54) is 0 Å². The van der Waals surface area contributed by atoms with Crippen LogP contribution in [0, 0.1) is 5.21 Å². The summed E-state index contributed by atoms with van der Waals surface area (Å²) in [4.78, 5) is 0. The van der Waals surface area contributed by atoms with Crippen LogP contribution >= 0.6 is 0 Å². The normalized spacial score (nSPS) is 26.0. The van der Waals surface area contributed by atoms with Gasteiger partial charge in [-0.25, -0.2) is 0 Å². The first-order chi connectivity index (χ1) is 4.27. The lowest BCUT2D eigenvalue weighted by Gasteiger charge is -2.42. The lowest BCUT2D eigenvalue weighted by Crippen LogP contribution is -2.50. The van der Waals surface area contributed by atoms with Crippen molar-refractivity contribution in [3.05, 3.63) is 5.21 Å². The minimum Gasteiger partial charge on any atom is -0.631 e. The number of ether oxygens (including phenoxy) is 1. The first-order valence-corrected chi connectivity index (χ1v) is 3.00. The molecule has 53 valence electrons. The minimum atomic E-state index is -0.611. The van der Waals surface area contributed by atoms with Crippen molar-refractivity contribution in [3.8, 4) is 0 Å². The molecule has 0 spiro atoms. The van der Waals surface area contributed by atoms with Crippen molar-refractivity contribution in [2.45, 2.75) is 0 Å². The number of hydrogen-bond donors (Lipinski definition) is 0. The Hall–Kier alpha value is -0.160. The van der Waals surface area contributed by atoms with Crippen molar-refractivity contribution in [1.29, 1.82) is 0 Å². The summed E-state index contributed by atoms with van der Waals surface area (Å²) in [6.07, 6.45) is 0. The van der Waals surface area contributed by atoms with Crippen LogP contribution in [0.1, 0.15) is 0 Å². The average molecular weight is 132 g/mol. The van der Waals surface area contributed by atoms with Gasteiger partial charge >= 0.3 is 0 Å². The zero-order valence-corrected chi connectivity index (χ0v) is 5.21. The summed E-state index contributed by atoms with van der Waals surface area (Å²) in [6, 6.07) is 0. The van der Waals surface area contributed by atoms with E-state index in [9.17, 15) is 10.3 Å². The Balaban J connectivity index is 2.37. The second-order valence-electron chi connectivity index (χ2n) is 2.25. The summed E-state index contributed by atoms with van der Waals surface area (Å²) in [7, 11) is 0. The molecule has 4 nitrogen and oxygen atoms in total. The molecule has 1 rings (SSSR count). The molecule has 1 aliphatic heterocycles. The molecular weight excluding hydrogens is 122 g/mol. The molecule has 0 unspecified atom stereocenters. The van der Waals surface area contributed by atoms with Gasteiger partial charge in [0.2, 0.25) is 6.73 Å². The van der Waals surface area contributed by atoms with E-state index in [1.807, 2.05) is 0 Å². The maximum Gasteiger partial charge on any atom is 0.214 e. The van der Waals surface area contributed by atoms with Crippen LogP contribution < -0.4 is 0 Å². The Morgan fingerprint density at radius 3 is 2.33 bits per heavy atom. The molecule has 0 saturated carbocycles. The molecule has 0 amide bonds. The standard InChI is InChI=1S/C5H10NO3/c7-5-6(8)1-3-9-4-2-6/h1-5H2. The van der Waals surface area contributed by atoms with Crippen LogP contribution in [0.4, 0.5) is 0 Å². The van der Waals surface area contributed by atoms with Crippen LogP contribution in [0.3, 0.4) is 0 Å². The van der Waals surface area contributed by atoms with E-state index in [-0.39, 0.29) is 0 Å². The lowest BCUT2D eigenvalue weighted by atomic mass is 10.4. The number of morpholine rings is 1. The quantitative estimate of drug-likeness (QED) is 0.364. The van der Waals surface area contributed by atoms with Crippen LogP contribution in [0.2, 0.25) is 0 Å². The molecule has 0 aromatic heterocycles. The second-order valence-corrected chi connectivity index (χ2v) is 2.25. The van der Waals surface area contributed by atoms with E-state index in [2.05, 4.69) is 0 Å². The predicted molar refractivity (Wildman–Crippen MR) is 29.7 cm³/mol. The fourth-order valence-electron chi connectivity index (χ4n) is 0.805. The summed E-state index contributed by atoms with van der Waals surface area (Å²) >= 11 is 0. The number of hydroxylamine groups is 3. The Morgan fingerprint density at radius 1 is 1.44 bits per heavy atom. The van der Waals surface area contributed by atoms with E-state index >= 15 is 0 Å². The molecule has 0 bridgehead atoms. The highest BCUT2D eigenvalue weighted by Crippen LogP contribution is 2.06. The van der Waals surface area contributed by atoms with Gasteiger partial charge in [0.15, 0.2) is 0 Å². The largest absolute Gasteiger partial charge is 0.631 e. The van der Waals surface area contributed by atoms with Crippen molar-refractivity contribution < 1.29 is 14.5 Å². The van der Waals surface area contributed by atoms with Crippen LogP contribution in [-0.4, -0.2) is 37.7 Å². The van der Waals surface area contributed by atoms with Gasteiger partial charge in [-0.05, 0) is 0 Å². The van der Waals surface area contributed by atoms with Crippen molar-refractivity contribution in [2.24, 2.45) is 0 Å². The molecule has 0 N–H and O–H groups in total. The molecule has 0 atom stereocenters. The highest BCUT2D eigenvalue weighted by atomic mass is 16.6. The summed E-state index contributed by atoms with van der Waals surface area (Å²) in [5, 5.41) is 21.2. The van der Waals surface area contributed by atoms with Gasteiger partial charge in [0.25, 0.3) is 0 Å². The van der Waals surface area contributed by atoms with Crippen molar-refractivity contribution >= 4 is 0 Å². The fraction of sp³-hybridized carbons (Fsp3) is 1.00. The molecule has 1 heterocycles. The molecular formula is C5H10NO3. The second kappa shape index (κ2) is 2.62. The van der Waals surface area contributed by atoms with Crippen LogP contribution in [0.25, 0.3) is 0 Å². The van der Waals surface area contributed by atoms with Crippen LogP contribution in [0.5, 0.6) is 0 Å². The highest BCUT2D eigenvalue weighted by molar-refractivity contribution is 4.45. The monoisotopic (exact) mass is 132 g/mol.